The molecule has 1 saturated heterocycles. The second-order valence-electron chi connectivity index (χ2n) is 5.04. The Bertz CT molecular complexity index is 655. The second kappa shape index (κ2) is 8.34. The number of benzene rings is 1. The number of hydrogen-bond donors (Lipinski definition) is 1. The Balaban J connectivity index is 2.03. The van der Waals surface area contributed by atoms with Crippen molar-refractivity contribution in [2.45, 2.75) is 12.5 Å². The molecule has 2 rings (SSSR count). The summed E-state index contributed by atoms with van der Waals surface area (Å²) in [5.41, 5.74) is 0. The fraction of sp³-hybridized carbons (Fsp3) is 0.400. The molecule has 1 aliphatic heterocycles. The van der Waals surface area contributed by atoms with E-state index in [2.05, 4.69) is 26.0 Å². The molecule has 1 fully saturated rings. The van der Waals surface area contributed by atoms with Gasteiger partial charge in [-0.05, 0) is 34.1 Å². The number of ether oxygens (including phenoxy) is 2. The monoisotopic (exact) mass is 418 g/mol. The molecular formula is C15H16BrClN2O5. The van der Waals surface area contributed by atoms with Crippen molar-refractivity contribution >= 4 is 45.3 Å². The van der Waals surface area contributed by atoms with Crippen molar-refractivity contribution in [2.24, 2.45) is 0 Å². The van der Waals surface area contributed by atoms with Crippen LogP contribution in [0, 0.1) is 0 Å². The fourth-order valence-electron chi connectivity index (χ4n) is 2.27. The molecule has 0 aromatic heterocycles. The topological polar surface area (TPSA) is 84.9 Å². The number of carbonyl (C=O) groups excluding carboxylic acids is 3. The summed E-state index contributed by atoms with van der Waals surface area (Å²) >= 11 is 9.15. The summed E-state index contributed by atoms with van der Waals surface area (Å²) in [4.78, 5) is 37.1. The Morgan fingerprint density at radius 1 is 1.46 bits per heavy atom. The normalized spacial score (nSPS) is 17.2. The first-order valence-electron chi connectivity index (χ1n) is 7.14. The largest absolute Gasteiger partial charge is 0.483 e. The van der Waals surface area contributed by atoms with Crippen LogP contribution in [0.4, 0.5) is 0 Å². The minimum atomic E-state index is -0.893. The molecule has 1 aliphatic rings. The average Bonchev–Trinajstić information content (AvgIpc) is 2.55. The van der Waals surface area contributed by atoms with Gasteiger partial charge >= 0.3 is 5.97 Å². The molecule has 1 atom stereocenters. The van der Waals surface area contributed by atoms with Crippen LogP contribution >= 0.6 is 27.5 Å². The van der Waals surface area contributed by atoms with E-state index in [0.717, 1.165) is 0 Å². The Morgan fingerprint density at radius 3 is 2.88 bits per heavy atom. The number of methoxy groups -OCH3 is 1. The van der Waals surface area contributed by atoms with Gasteiger partial charge in [0.05, 0.1) is 18.0 Å². The molecule has 0 radical (unpaired) electrons. The van der Waals surface area contributed by atoms with Gasteiger partial charge in [0.1, 0.15) is 11.8 Å². The van der Waals surface area contributed by atoms with E-state index in [-0.39, 0.29) is 24.8 Å². The fourth-order valence-corrected chi connectivity index (χ4v) is 3.07. The van der Waals surface area contributed by atoms with Gasteiger partial charge in [0.15, 0.2) is 6.61 Å². The highest BCUT2D eigenvalue weighted by Crippen LogP contribution is 2.28. The number of hydrogen-bond acceptors (Lipinski definition) is 5. The minimum absolute atomic E-state index is 0.196. The lowest BCUT2D eigenvalue weighted by molar-refractivity contribution is -0.151. The number of esters is 1. The standard InChI is InChI=1S/C15H16BrClN2O5/c1-23-14(21)7-11-15(22)18-4-5-19(11)13(20)8-24-12-3-2-9(17)6-10(12)16/h2-3,6,11H,4-5,7-8H2,1H3,(H,18,22). The first-order chi connectivity index (χ1) is 11.4. The maximum atomic E-state index is 12.4. The van der Waals surface area contributed by atoms with Crippen LogP contribution in [0.2, 0.25) is 5.02 Å². The molecule has 1 aromatic rings. The quantitative estimate of drug-likeness (QED) is 0.729. The first-order valence-corrected chi connectivity index (χ1v) is 8.31. The average molecular weight is 420 g/mol. The lowest BCUT2D eigenvalue weighted by Crippen LogP contribution is -2.58. The molecular weight excluding hydrogens is 404 g/mol. The summed E-state index contributed by atoms with van der Waals surface area (Å²) in [5.74, 6) is -0.872. The van der Waals surface area contributed by atoms with Crippen molar-refractivity contribution in [3.05, 3.63) is 27.7 Å². The van der Waals surface area contributed by atoms with Gasteiger partial charge in [-0.1, -0.05) is 11.6 Å². The summed E-state index contributed by atoms with van der Waals surface area (Å²) in [6.07, 6.45) is -0.196. The van der Waals surface area contributed by atoms with Gasteiger partial charge < -0.3 is 19.7 Å². The van der Waals surface area contributed by atoms with Crippen molar-refractivity contribution in [2.75, 3.05) is 26.8 Å². The number of carbonyl (C=O) groups is 3. The van der Waals surface area contributed by atoms with Crippen molar-refractivity contribution in [3.63, 3.8) is 0 Å². The molecule has 1 unspecified atom stereocenters. The van der Waals surface area contributed by atoms with Crippen LogP contribution in [-0.4, -0.2) is 55.5 Å². The zero-order valence-corrected chi connectivity index (χ0v) is 15.2. The molecule has 0 bridgehead atoms. The lowest BCUT2D eigenvalue weighted by atomic mass is 10.1. The van der Waals surface area contributed by atoms with Gasteiger partial charge in [0.25, 0.3) is 5.91 Å². The number of nitrogens with one attached hydrogen (secondary N) is 1. The van der Waals surface area contributed by atoms with Crippen LogP contribution in [0.25, 0.3) is 0 Å². The molecule has 1 aromatic carbocycles. The molecule has 9 heteroatoms. The molecule has 130 valence electrons. The zero-order valence-electron chi connectivity index (χ0n) is 12.9. The highest BCUT2D eigenvalue weighted by Gasteiger charge is 2.35. The number of nitrogens with zero attached hydrogens (tertiary/aromatic N) is 1. The number of halogens is 2. The third-order valence-corrected chi connectivity index (χ3v) is 4.34. The zero-order chi connectivity index (χ0) is 17.7. The summed E-state index contributed by atoms with van der Waals surface area (Å²) < 4.78 is 10.7. The van der Waals surface area contributed by atoms with E-state index in [4.69, 9.17) is 16.3 Å². The van der Waals surface area contributed by atoms with Gasteiger partial charge in [0, 0.05) is 18.1 Å². The second-order valence-corrected chi connectivity index (χ2v) is 6.33. The van der Waals surface area contributed by atoms with E-state index in [9.17, 15) is 14.4 Å². The molecule has 7 nitrogen and oxygen atoms in total. The van der Waals surface area contributed by atoms with Gasteiger partial charge in [-0.2, -0.15) is 0 Å². The summed E-state index contributed by atoms with van der Waals surface area (Å²) in [5, 5.41) is 3.17. The van der Waals surface area contributed by atoms with Crippen LogP contribution < -0.4 is 10.1 Å². The Labute approximate surface area is 152 Å². The van der Waals surface area contributed by atoms with Gasteiger partial charge in [-0.25, -0.2) is 0 Å². The molecule has 1 N–H and O–H groups in total. The van der Waals surface area contributed by atoms with Crippen molar-refractivity contribution in [3.8, 4) is 5.75 Å². The van der Waals surface area contributed by atoms with E-state index in [1.165, 1.54) is 12.0 Å². The molecule has 24 heavy (non-hydrogen) atoms. The maximum absolute atomic E-state index is 12.4. The van der Waals surface area contributed by atoms with E-state index in [1.54, 1.807) is 18.2 Å². The Hall–Kier alpha value is -1.80. The van der Waals surface area contributed by atoms with Gasteiger partial charge in [0.2, 0.25) is 5.91 Å². The van der Waals surface area contributed by atoms with Crippen molar-refractivity contribution in [1.82, 2.24) is 10.2 Å². The summed E-state index contributed by atoms with van der Waals surface area (Å²) in [6.45, 7) is 0.370. The Morgan fingerprint density at radius 2 is 2.21 bits per heavy atom. The third-order valence-electron chi connectivity index (χ3n) is 3.48. The molecule has 2 amide bonds. The van der Waals surface area contributed by atoms with Crippen LogP contribution in [0.5, 0.6) is 5.75 Å². The Kier molecular flexibility index (Phi) is 6.44. The van der Waals surface area contributed by atoms with E-state index < -0.39 is 12.0 Å². The predicted octanol–water partition coefficient (Wildman–Crippen LogP) is 1.37. The van der Waals surface area contributed by atoms with Crippen molar-refractivity contribution < 1.29 is 23.9 Å². The first kappa shape index (κ1) is 18.5. The highest BCUT2D eigenvalue weighted by atomic mass is 79.9. The summed E-state index contributed by atoms with van der Waals surface area (Å²) in [6, 6.07) is 4.03. The number of amides is 2. The van der Waals surface area contributed by atoms with Gasteiger partial charge in [-0.15, -0.1) is 0 Å². The van der Waals surface area contributed by atoms with Crippen LogP contribution in [0.15, 0.2) is 22.7 Å². The van der Waals surface area contributed by atoms with E-state index >= 15 is 0 Å². The number of rotatable bonds is 5. The van der Waals surface area contributed by atoms with Crippen LogP contribution in [0.1, 0.15) is 6.42 Å². The van der Waals surface area contributed by atoms with Crippen LogP contribution in [0.3, 0.4) is 0 Å². The molecule has 0 spiro atoms. The molecule has 0 saturated carbocycles. The molecule has 0 aliphatic carbocycles. The maximum Gasteiger partial charge on any atom is 0.308 e. The van der Waals surface area contributed by atoms with Gasteiger partial charge in [-0.3, -0.25) is 14.4 Å². The van der Waals surface area contributed by atoms with E-state index in [0.29, 0.717) is 28.3 Å². The molecule has 1 heterocycles. The third kappa shape index (κ3) is 4.61. The predicted molar refractivity (Wildman–Crippen MR) is 89.8 cm³/mol. The number of piperazine rings is 1. The smallest absolute Gasteiger partial charge is 0.308 e. The highest BCUT2D eigenvalue weighted by molar-refractivity contribution is 9.10. The van der Waals surface area contributed by atoms with E-state index in [1.807, 2.05) is 0 Å². The minimum Gasteiger partial charge on any atom is -0.483 e. The SMILES string of the molecule is COC(=O)CC1C(=O)NCCN1C(=O)COc1ccc(Cl)cc1Br. The summed E-state index contributed by atoms with van der Waals surface area (Å²) in [7, 11) is 1.23. The van der Waals surface area contributed by atoms with Crippen molar-refractivity contribution in [1.29, 1.82) is 0 Å². The van der Waals surface area contributed by atoms with Crippen LogP contribution in [-0.2, 0) is 19.1 Å². The lowest BCUT2D eigenvalue weighted by Gasteiger charge is -2.34.